The second-order valence-corrected chi connectivity index (χ2v) is 9.28. The van der Waals surface area contributed by atoms with Crippen LogP contribution in [-0.2, 0) is 28.4 Å². The van der Waals surface area contributed by atoms with E-state index in [1.54, 1.807) is 11.8 Å². The molecule has 156 valence electrons. The van der Waals surface area contributed by atoms with Gasteiger partial charge in [0.25, 0.3) is 0 Å². The van der Waals surface area contributed by atoms with Crippen molar-refractivity contribution in [1.29, 1.82) is 0 Å². The number of halogens is 1. The van der Waals surface area contributed by atoms with Crippen molar-refractivity contribution in [1.82, 2.24) is 20.1 Å². The van der Waals surface area contributed by atoms with Crippen molar-refractivity contribution in [3.63, 3.8) is 0 Å². The lowest BCUT2D eigenvalue weighted by Gasteiger charge is -2.40. The first-order chi connectivity index (χ1) is 14.1. The number of nitrogens with zero attached hydrogens (tertiary/aromatic N) is 3. The molecule has 0 bridgehead atoms. The quantitative estimate of drug-likeness (QED) is 0.644. The third-order valence-electron chi connectivity index (χ3n) is 6.02. The molecule has 0 unspecified atom stereocenters. The topological polar surface area (TPSA) is 69.0 Å². The van der Waals surface area contributed by atoms with Crippen molar-refractivity contribution in [3.05, 3.63) is 40.7 Å². The van der Waals surface area contributed by atoms with Crippen LogP contribution in [-0.4, -0.2) is 45.7 Å². The van der Waals surface area contributed by atoms with E-state index in [0.717, 1.165) is 61.0 Å². The van der Waals surface area contributed by atoms with Gasteiger partial charge in [-0.15, -0.1) is 10.2 Å². The number of hydrogen-bond acceptors (Lipinski definition) is 5. The Hall–Kier alpha value is -1.57. The molecule has 8 heteroatoms. The monoisotopic (exact) mass is 434 g/mol. The van der Waals surface area contributed by atoms with Gasteiger partial charge in [0.15, 0.2) is 5.16 Å². The first kappa shape index (κ1) is 20.7. The maximum absolute atomic E-state index is 13.0. The Bertz CT molecular complexity index is 845. The number of aromatic nitrogens is 3. The molecule has 1 saturated heterocycles. The van der Waals surface area contributed by atoms with E-state index >= 15 is 0 Å². The number of carbonyl (C=O) groups is 1. The van der Waals surface area contributed by atoms with Crippen molar-refractivity contribution < 1.29 is 9.53 Å². The second-order valence-electron chi connectivity index (χ2n) is 7.85. The van der Waals surface area contributed by atoms with Crippen LogP contribution in [0.2, 0.25) is 5.02 Å². The summed E-state index contributed by atoms with van der Waals surface area (Å²) in [7, 11) is 1.98. The molecule has 0 spiro atoms. The molecule has 1 aromatic carbocycles. The lowest BCUT2D eigenvalue weighted by molar-refractivity contribution is -0.129. The van der Waals surface area contributed by atoms with Crippen molar-refractivity contribution in [2.45, 2.75) is 55.2 Å². The van der Waals surface area contributed by atoms with Gasteiger partial charge in [-0.05, 0) is 43.4 Å². The van der Waals surface area contributed by atoms with Crippen LogP contribution in [0, 0.1) is 0 Å². The highest BCUT2D eigenvalue weighted by atomic mass is 35.5. The van der Waals surface area contributed by atoms with E-state index in [-0.39, 0.29) is 5.91 Å². The van der Waals surface area contributed by atoms with Gasteiger partial charge in [0, 0.05) is 37.4 Å². The van der Waals surface area contributed by atoms with Crippen LogP contribution < -0.4 is 5.32 Å². The molecule has 1 amide bonds. The molecule has 4 rings (SSSR count). The Kier molecular flexibility index (Phi) is 6.47. The lowest BCUT2D eigenvalue weighted by Crippen LogP contribution is -2.49. The SMILES string of the molecule is Cn1c(CCNC(=O)C2(c3ccc(Cl)cc3)CCC2)nnc1SC[C@@H]1CCCO1. The normalized spacial score (nSPS) is 20.4. The first-order valence-electron chi connectivity index (χ1n) is 10.3. The highest BCUT2D eigenvalue weighted by Gasteiger charge is 2.45. The summed E-state index contributed by atoms with van der Waals surface area (Å²) in [6.07, 6.45) is 6.09. The summed E-state index contributed by atoms with van der Waals surface area (Å²) in [5.74, 6) is 1.89. The third-order valence-corrected chi connectivity index (χ3v) is 7.42. The number of carbonyl (C=O) groups excluding carboxylic acids is 1. The first-order valence-corrected chi connectivity index (χ1v) is 11.6. The maximum atomic E-state index is 13.0. The van der Waals surface area contributed by atoms with Crippen LogP contribution in [0.1, 0.15) is 43.5 Å². The summed E-state index contributed by atoms with van der Waals surface area (Å²) in [5.41, 5.74) is 0.643. The highest BCUT2D eigenvalue weighted by Crippen LogP contribution is 2.44. The standard InChI is InChI=1S/C21H27ClN4O2S/c1-26-18(24-25-20(26)29-14-17-4-2-13-28-17)9-12-23-19(27)21(10-3-11-21)15-5-7-16(22)8-6-15/h5-8,17H,2-4,9-14H2,1H3,(H,23,27)/t17-/m0/s1. The molecule has 1 atom stereocenters. The fourth-order valence-corrected chi connectivity index (χ4v) is 5.16. The molecule has 1 aliphatic heterocycles. The number of thioether (sulfide) groups is 1. The van der Waals surface area contributed by atoms with Crippen molar-refractivity contribution >= 4 is 29.3 Å². The largest absolute Gasteiger partial charge is 0.377 e. The van der Waals surface area contributed by atoms with Gasteiger partial charge in [-0.3, -0.25) is 4.79 Å². The van der Waals surface area contributed by atoms with Gasteiger partial charge in [0.05, 0.1) is 11.5 Å². The fraction of sp³-hybridized carbons (Fsp3) is 0.571. The van der Waals surface area contributed by atoms with Gasteiger partial charge >= 0.3 is 0 Å². The zero-order chi connectivity index (χ0) is 20.3. The van der Waals surface area contributed by atoms with E-state index in [4.69, 9.17) is 16.3 Å². The number of nitrogens with one attached hydrogen (secondary N) is 1. The molecule has 0 radical (unpaired) electrons. The number of rotatable bonds is 8. The molecule has 2 aliphatic rings. The summed E-state index contributed by atoms with van der Waals surface area (Å²) in [6.45, 7) is 1.42. The Balaban J connectivity index is 1.30. The molecular formula is C21H27ClN4O2S. The van der Waals surface area contributed by atoms with E-state index < -0.39 is 5.41 Å². The minimum atomic E-state index is -0.410. The van der Waals surface area contributed by atoms with E-state index in [2.05, 4.69) is 15.5 Å². The van der Waals surface area contributed by atoms with Crippen LogP contribution in [0.3, 0.4) is 0 Å². The number of amides is 1. The van der Waals surface area contributed by atoms with E-state index in [1.807, 2.05) is 35.9 Å². The van der Waals surface area contributed by atoms with Gasteiger partial charge in [0.2, 0.25) is 5.91 Å². The Morgan fingerprint density at radius 3 is 2.76 bits per heavy atom. The van der Waals surface area contributed by atoms with Crippen molar-refractivity contribution in [3.8, 4) is 0 Å². The molecule has 29 heavy (non-hydrogen) atoms. The van der Waals surface area contributed by atoms with Gasteiger partial charge in [-0.2, -0.15) is 0 Å². The van der Waals surface area contributed by atoms with Gasteiger partial charge < -0.3 is 14.6 Å². The number of benzene rings is 1. The van der Waals surface area contributed by atoms with Crippen molar-refractivity contribution in [2.24, 2.45) is 7.05 Å². The number of hydrogen-bond donors (Lipinski definition) is 1. The zero-order valence-corrected chi connectivity index (χ0v) is 18.3. The number of ether oxygens (including phenoxy) is 1. The average Bonchev–Trinajstić information content (AvgIpc) is 3.31. The minimum absolute atomic E-state index is 0.0984. The molecule has 2 aromatic rings. The van der Waals surface area contributed by atoms with Crippen molar-refractivity contribution in [2.75, 3.05) is 18.9 Å². The maximum Gasteiger partial charge on any atom is 0.230 e. The molecule has 6 nitrogen and oxygen atoms in total. The lowest BCUT2D eigenvalue weighted by atomic mass is 9.64. The van der Waals surface area contributed by atoms with Gasteiger partial charge in [-0.25, -0.2) is 0 Å². The Morgan fingerprint density at radius 2 is 2.10 bits per heavy atom. The van der Waals surface area contributed by atoms with E-state index in [1.165, 1.54) is 0 Å². The fourth-order valence-electron chi connectivity index (χ4n) is 4.03. The van der Waals surface area contributed by atoms with Crippen LogP contribution in [0.5, 0.6) is 0 Å². The molecule has 1 N–H and O–H groups in total. The summed E-state index contributed by atoms with van der Waals surface area (Å²) >= 11 is 7.69. The smallest absolute Gasteiger partial charge is 0.230 e. The minimum Gasteiger partial charge on any atom is -0.377 e. The van der Waals surface area contributed by atoms with Gasteiger partial charge in [-0.1, -0.05) is 41.9 Å². The summed E-state index contributed by atoms with van der Waals surface area (Å²) in [4.78, 5) is 13.0. The van der Waals surface area contributed by atoms with E-state index in [0.29, 0.717) is 24.1 Å². The summed E-state index contributed by atoms with van der Waals surface area (Å²) in [6, 6.07) is 7.67. The van der Waals surface area contributed by atoms with E-state index in [9.17, 15) is 4.79 Å². The third kappa shape index (κ3) is 4.47. The Labute approximate surface area is 180 Å². The van der Waals surface area contributed by atoms with Crippen LogP contribution >= 0.6 is 23.4 Å². The van der Waals surface area contributed by atoms with Crippen LogP contribution in [0.25, 0.3) is 0 Å². The molecule has 2 fully saturated rings. The molecule has 1 saturated carbocycles. The Morgan fingerprint density at radius 1 is 1.31 bits per heavy atom. The molecular weight excluding hydrogens is 408 g/mol. The second kappa shape index (κ2) is 9.06. The van der Waals surface area contributed by atoms with Gasteiger partial charge in [0.1, 0.15) is 5.82 Å². The molecule has 1 aliphatic carbocycles. The molecule has 2 heterocycles. The predicted octanol–water partition coefficient (Wildman–Crippen LogP) is 3.52. The van der Waals surface area contributed by atoms with Crippen LogP contribution in [0.4, 0.5) is 0 Å². The zero-order valence-electron chi connectivity index (χ0n) is 16.7. The highest BCUT2D eigenvalue weighted by molar-refractivity contribution is 7.99. The summed E-state index contributed by atoms with van der Waals surface area (Å²) in [5, 5.41) is 13.3. The summed E-state index contributed by atoms with van der Waals surface area (Å²) < 4.78 is 7.69. The molecule has 1 aromatic heterocycles. The van der Waals surface area contributed by atoms with Crippen LogP contribution in [0.15, 0.2) is 29.4 Å². The predicted molar refractivity (Wildman–Crippen MR) is 114 cm³/mol. The average molecular weight is 435 g/mol.